The number of rotatable bonds is 4. The topological polar surface area (TPSA) is 40.9 Å². The molecule has 0 spiro atoms. The van der Waals surface area contributed by atoms with Crippen LogP contribution in [0.3, 0.4) is 0 Å². The van der Waals surface area contributed by atoms with E-state index in [2.05, 4.69) is 0 Å². The van der Waals surface area contributed by atoms with E-state index in [-0.39, 0.29) is 5.78 Å². The largest absolute Gasteiger partial charge is 0.289 e. The second-order valence-corrected chi connectivity index (χ2v) is 4.88. The van der Waals surface area contributed by atoms with Gasteiger partial charge in [-0.1, -0.05) is 12.1 Å². The molecule has 0 unspecified atom stereocenters. The molecular weight excluding hydrogens is 238 g/mol. The first-order valence-electron chi connectivity index (χ1n) is 4.55. The molecule has 16 heavy (non-hydrogen) atoms. The molecule has 0 radical (unpaired) electrons. The van der Waals surface area contributed by atoms with Gasteiger partial charge in [-0.3, -0.25) is 4.79 Å². The zero-order chi connectivity index (χ0) is 12.0. The summed E-state index contributed by atoms with van der Waals surface area (Å²) in [5.41, 5.74) is 1.06. The van der Waals surface area contributed by atoms with Crippen LogP contribution in [0.15, 0.2) is 34.6 Å². The molecule has 0 atom stereocenters. The molecule has 0 heterocycles. The average molecular weight is 249 g/mol. The monoisotopic (exact) mass is 249 g/mol. The smallest absolute Gasteiger partial charge is 0.187 e. The summed E-state index contributed by atoms with van der Waals surface area (Å²) in [6.07, 6.45) is 5.47. The highest BCUT2D eigenvalue weighted by molar-refractivity contribution is 8.21. The molecule has 2 nitrogen and oxygen atoms in total. The van der Waals surface area contributed by atoms with Gasteiger partial charge in [0.25, 0.3) is 0 Å². The Balaban J connectivity index is 2.97. The highest BCUT2D eigenvalue weighted by atomic mass is 32.2. The molecule has 1 aromatic carbocycles. The first-order valence-corrected chi connectivity index (χ1v) is 7.00. The fraction of sp³-hybridized carbons (Fsp3) is 0.167. The van der Waals surface area contributed by atoms with Crippen molar-refractivity contribution in [3.05, 3.63) is 45.7 Å². The number of carbonyl (C=O) groups excluding carboxylic acids is 1. The summed E-state index contributed by atoms with van der Waals surface area (Å²) in [6, 6.07) is 8.75. The molecule has 0 saturated carbocycles. The third-order valence-electron chi connectivity index (χ3n) is 1.93. The zero-order valence-electron chi connectivity index (χ0n) is 9.06. The third-order valence-corrected chi connectivity index (χ3v) is 3.97. The van der Waals surface area contributed by atoms with Crippen molar-refractivity contribution in [1.82, 2.24) is 0 Å². The van der Waals surface area contributed by atoms with Gasteiger partial charge in [0, 0.05) is 15.9 Å². The van der Waals surface area contributed by atoms with Crippen LogP contribution in [0.4, 0.5) is 0 Å². The zero-order valence-corrected chi connectivity index (χ0v) is 10.7. The summed E-state index contributed by atoms with van der Waals surface area (Å²) < 4.78 is 0.965. The first kappa shape index (κ1) is 12.9. The molecule has 0 bridgehead atoms. The molecule has 0 saturated heterocycles. The molecule has 0 N–H and O–H groups in total. The Morgan fingerprint density at radius 3 is 2.62 bits per heavy atom. The van der Waals surface area contributed by atoms with Crippen molar-refractivity contribution in [3.8, 4) is 6.07 Å². The second-order valence-electron chi connectivity index (χ2n) is 2.93. The fourth-order valence-corrected chi connectivity index (χ4v) is 2.25. The summed E-state index contributed by atoms with van der Waals surface area (Å²) in [5.74, 6) is -0.0594. The van der Waals surface area contributed by atoms with Gasteiger partial charge in [-0.15, -0.1) is 23.5 Å². The quantitative estimate of drug-likeness (QED) is 0.606. The third kappa shape index (κ3) is 3.44. The number of nitriles is 1. The van der Waals surface area contributed by atoms with Gasteiger partial charge in [-0.25, -0.2) is 0 Å². The lowest BCUT2D eigenvalue weighted by Gasteiger charge is -1.99. The summed E-state index contributed by atoms with van der Waals surface area (Å²) in [7, 11) is 0. The average Bonchev–Trinajstić information content (AvgIpc) is 2.35. The highest BCUT2D eigenvalue weighted by Crippen LogP contribution is 2.23. The van der Waals surface area contributed by atoms with Crippen LogP contribution >= 0.6 is 23.5 Å². The standard InChI is InChI=1S/C12H11NOS2/c1-15-12(16-2)7-11(14)10-5-3-4-9(6-10)8-13/h3-7H,1-2H3. The van der Waals surface area contributed by atoms with Gasteiger partial charge in [0.05, 0.1) is 11.6 Å². The van der Waals surface area contributed by atoms with E-state index in [9.17, 15) is 4.79 Å². The molecule has 0 aliphatic heterocycles. The maximum atomic E-state index is 11.8. The molecule has 0 aliphatic rings. The Hall–Kier alpha value is -1.18. The summed E-state index contributed by atoms with van der Waals surface area (Å²) in [4.78, 5) is 11.8. The SMILES string of the molecule is CSC(=CC(=O)c1cccc(C#N)c1)SC. The Morgan fingerprint density at radius 2 is 2.06 bits per heavy atom. The van der Waals surface area contributed by atoms with Crippen molar-refractivity contribution in [3.63, 3.8) is 0 Å². The number of thioether (sulfide) groups is 2. The second kappa shape index (κ2) is 6.41. The van der Waals surface area contributed by atoms with Crippen molar-refractivity contribution < 1.29 is 4.79 Å². The maximum absolute atomic E-state index is 11.8. The predicted octanol–water partition coefficient (Wildman–Crippen LogP) is 3.31. The van der Waals surface area contributed by atoms with E-state index in [1.807, 2.05) is 18.6 Å². The van der Waals surface area contributed by atoms with Crippen LogP contribution in [-0.4, -0.2) is 18.3 Å². The van der Waals surface area contributed by atoms with Crippen LogP contribution in [0.2, 0.25) is 0 Å². The molecule has 1 aromatic rings. The van der Waals surface area contributed by atoms with Gasteiger partial charge in [-0.05, 0) is 24.6 Å². The lowest BCUT2D eigenvalue weighted by atomic mass is 10.1. The van der Waals surface area contributed by atoms with Crippen molar-refractivity contribution >= 4 is 29.3 Å². The number of nitrogens with zero attached hydrogens (tertiary/aromatic N) is 1. The number of allylic oxidation sites excluding steroid dienone is 1. The molecule has 4 heteroatoms. The van der Waals surface area contributed by atoms with Gasteiger partial charge in [0.15, 0.2) is 5.78 Å². The lowest BCUT2D eigenvalue weighted by Crippen LogP contribution is -1.95. The number of hydrogen-bond donors (Lipinski definition) is 0. The number of carbonyl (C=O) groups is 1. The first-order chi connectivity index (χ1) is 7.71. The van der Waals surface area contributed by atoms with E-state index in [1.165, 1.54) is 0 Å². The Kier molecular flexibility index (Phi) is 5.17. The highest BCUT2D eigenvalue weighted by Gasteiger charge is 2.05. The van der Waals surface area contributed by atoms with E-state index >= 15 is 0 Å². The summed E-state index contributed by atoms with van der Waals surface area (Å²) in [6.45, 7) is 0. The van der Waals surface area contributed by atoms with E-state index in [4.69, 9.17) is 5.26 Å². The minimum atomic E-state index is -0.0594. The van der Waals surface area contributed by atoms with Gasteiger partial charge in [0.1, 0.15) is 0 Å². The molecule has 0 aromatic heterocycles. The fourth-order valence-electron chi connectivity index (χ4n) is 1.13. The van der Waals surface area contributed by atoms with Crippen molar-refractivity contribution in [2.24, 2.45) is 0 Å². The Labute approximate surface area is 104 Å². The maximum Gasteiger partial charge on any atom is 0.187 e. The van der Waals surface area contributed by atoms with Crippen LogP contribution in [0, 0.1) is 11.3 Å². The Morgan fingerprint density at radius 1 is 1.38 bits per heavy atom. The van der Waals surface area contributed by atoms with Gasteiger partial charge in [0.2, 0.25) is 0 Å². The molecule has 82 valence electrons. The molecule has 0 amide bonds. The van der Waals surface area contributed by atoms with E-state index in [0.29, 0.717) is 11.1 Å². The van der Waals surface area contributed by atoms with Crippen molar-refractivity contribution in [1.29, 1.82) is 5.26 Å². The molecule has 0 fully saturated rings. The minimum absolute atomic E-state index is 0.0594. The van der Waals surface area contributed by atoms with Gasteiger partial charge >= 0.3 is 0 Å². The van der Waals surface area contributed by atoms with Crippen molar-refractivity contribution in [2.45, 2.75) is 0 Å². The van der Waals surface area contributed by atoms with Crippen LogP contribution in [0.5, 0.6) is 0 Å². The molecular formula is C12H11NOS2. The number of ketones is 1. The van der Waals surface area contributed by atoms with E-state index in [0.717, 1.165) is 4.24 Å². The minimum Gasteiger partial charge on any atom is -0.289 e. The van der Waals surface area contributed by atoms with Crippen LogP contribution < -0.4 is 0 Å². The van der Waals surface area contributed by atoms with E-state index < -0.39 is 0 Å². The predicted molar refractivity (Wildman–Crippen MR) is 70.6 cm³/mol. The van der Waals surface area contributed by atoms with Gasteiger partial charge < -0.3 is 0 Å². The van der Waals surface area contributed by atoms with Crippen LogP contribution in [0.25, 0.3) is 0 Å². The van der Waals surface area contributed by atoms with Crippen molar-refractivity contribution in [2.75, 3.05) is 12.5 Å². The van der Waals surface area contributed by atoms with Crippen LogP contribution in [-0.2, 0) is 0 Å². The number of hydrogen-bond acceptors (Lipinski definition) is 4. The Bertz CT molecular complexity index is 454. The molecule has 1 rings (SSSR count). The summed E-state index contributed by atoms with van der Waals surface area (Å²) >= 11 is 3.08. The molecule has 0 aliphatic carbocycles. The van der Waals surface area contributed by atoms with Gasteiger partial charge in [-0.2, -0.15) is 5.26 Å². The van der Waals surface area contributed by atoms with E-state index in [1.54, 1.807) is 53.9 Å². The van der Waals surface area contributed by atoms with Crippen LogP contribution in [0.1, 0.15) is 15.9 Å². The normalized spacial score (nSPS) is 9.31. The lowest BCUT2D eigenvalue weighted by molar-refractivity contribution is 0.104. The summed E-state index contributed by atoms with van der Waals surface area (Å²) in [5, 5.41) is 8.73. The number of benzene rings is 1.